The van der Waals surface area contributed by atoms with Gasteiger partial charge in [-0.05, 0) is 36.1 Å². The summed E-state index contributed by atoms with van der Waals surface area (Å²) in [4.78, 5) is 4.96. The van der Waals surface area contributed by atoms with E-state index in [4.69, 9.17) is 39.5 Å². The van der Waals surface area contributed by atoms with Crippen molar-refractivity contribution in [1.82, 2.24) is 4.98 Å². The van der Waals surface area contributed by atoms with Crippen LogP contribution in [0, 0.1) is 6.92 Å². The second kappa shape index (κ2) is 6.52. The van der Waals surface area contributed by atoms with Gasteiger partial charge in [-0.1, -0.05) is 48.4 Å². The summed E-state index contributed by atoms with van der Waals surface area (Å²) >= 11 is 19.3. The summed E-state index contributed by atoms with van der Waals surface area (Å²) in [6.45, 7) is 6.13. The van der Waals surface area contributed by atoms with E-state index in [0.717, 1.165) is 26.8 Å². The molecule has 0 amide bonds. The minimum atomic E-state index is 0.323. The predicted octanol–water partition coefficient (Wildman–Crippen LogP) is 6.41. The maximum atomic E-state index is 6.24. The average Bonchev–Trinajstić information content (AvgIpc) is 2.72. The summed E-state index contributed by atoms with van der Waals surface area (Å²) in [6.07, 6.45) is 0. The molecule has 2 rings (SSSR count). The fourth-order valence-electron chi connectivity index (χ4n) is 1.75. The first-order valence-corrected chi connectivity index (χ1v) is 8.22. The molecular formula is C14H14Cl3NOS. The minimum Gasteiger partial charge on any atom is -0.431 e. The fourth-order valence-corrected chi connectivity index (χ4v) is 3.52. The standard InChI is InChI=1S/C14H14Cl3NOS/c1-7(2)9-5-11(8(3)4-10(9)16)19-14-18-13(17)12(6-15)20-14/h4-5,7H,6H2,1-3H3. The summed E-state index contributed by atoms with van der Waals surface area (Å²) < 4.78 is 5.82. The highest BCUT2D eigenvalue weighted by Crippen LogP contribution is 2.37. The Bertz CT molecular complexity index is 625. The quantitative estimate of drug-likeness (QED) is 0.594. The molecule has 6 heteroatoms. The van der Waals surface area contributed by atoms with Crippen molar-refractivity contribution in [2.24, 2.45) is 0 Å². The third-order valence-electron chi connectivity index (χ3n) is 2.86. The molecule has 0 saturated carbocycles. The number of aryl methyl sites for hydroxylation is 1. The summed E-state index contributed by atoms with van der Waals surface area (Å²) in [5.41, 5.74) is 2.01. The highest BCUT2D eigenvalue weighted by Gasteiger charge is 2.14. The van der Waals surface area contributed by atoms with Crippen molar-refractivity contribution in [2.45, 2.75) is 32.6 Å². The number of hydrogen-bond acceptors (Lipinski definition) is 3. The molecule has 2 nitrogen and oxygen atoms in total. The molecule has 2 aromatic rings. The number of rotatable bonds is 4. The second-order valence-corrected chi connectivity index (χ2v) is 6.80. The first-order valence-electron chi connectivity index (χ1n) is 6.11. The van der Waals surface area contributed by atoms with Gasteiger partial charge in [0.1, 0.15) is 10.9 Å². The number of alkyl halides is 1. The Hall–Kier alpha value is -0.480. The molecule has 20 heavy (non-hydrogen) atoms. The third kappa shape index (κ3) is 3.40. The lowest BCUT2D eigenvalue weighted by molar-refractivity contribution is 0.474. The van der Waals surface area contributed by atoms with Crippen molar-refractivity contribution in [3.8, 4) is 10.9 Å². The molecule has 0 aliphatic carbocycles. The number of ether oxygens (including phenoxy) is 1. The molecule has 0 saturated heterocycles. The lowest BCUT2D eigenvalue weighted by atomic mass is 10.0. The van der Waals surface area contributed by atoms with Gasteiger partial charge in [-0.2, -0.15) is 4.98 Å². The Morgan fingerprint density at radius 1 is 1.30 bits per heavy atom. The number of aromatic nitrogens is 1. The molecule has 0 fully saturated rings. The molecule has 1 aromatic carbocycles. The van der Waals surface area contributed by atoms with E-state index in [9.17, 15) is 0 Å². The number of halogens is 3. The van der Waals surface area contributed by atoms with Gasteiger partial charge >= 0.3 is 0 Å². The third-order valence-corrected chi connectivity index (χ3v) is 4.98. The number of benzene rings is 1. The molecule has 0 aliphatic heterocycles. The van der Waals surface area contributed by atoms with Crippen LogP contribution in [-0.4, -0.2) is 4.98 Å². The fraction of sp³-hybridized carbons (Fsp3) is 0.357. The summed E-state index contributed by atoms with van der Waals surface area (Å²) in [5.74, 6) is 1.39. The smallest absolute Gasteiger partial charge is 0.280 e. The van der Waals surface area contributed by atoms with Crippen LogP contribution in [0.5, 0.6) is 10.9 Å². The van der Waals surface area contributed by atoms with Gasteiger partial charge in [-0.3, -0.25) is 0 Å². The molecular weight excluding hydrogens is 337 g/mol. The second-order valence-electron chi connectivity index (χ2n) is 4.72. The average molecular weight is 351 g/mol. The number of nitrogens with zero attached hydrogens (tertiary/aromatic N) is 1. The normalized spacial score (nSPS) is 11.2. The van der Waals surface area contributed by atoms with Crippen molar-refractivity contribution in [2.75, 3.05) is 0 Å². The van der Waals surface area contributed by atoms with Crippen LogP contribution in [-0.2, 0) is 5.88 Å². The maximum Gasteiger partial charge on any atom is 0.280 e. The van der Waals surface area contributed by atoms with E-state index < -0.39 is 0 Å². The van der Waals surface area contributed by atoms with Gasteiger partial charge in [0.2, 0.25) is 0 Å². The van der Waals surface area contributed by atoms with Gasteiger partial charge in [0.15, 0.2) is 0 Å². The van der Waals surface area contributed by atoms with E-state index >= 15 is 0 Å². The molecule has 0 atom stereocenters. The van der Waals surface area contributed by atoms with Crippen molar-refractivity contribution < 1.29 is 4.74 Å². The molecule has 0 spiro atoms. The van der Waals surface area contributed by atoms with Crippen LogP contribution in [0.3, 0.4) is 0 Å². The van der Waals surface area contributed by atoms with Crippen LogP contribution >= 0.6 is 46.1 Å². The Balaban J connectivity index is 2.35. The van der Waals surface area contributed by atoms with E-state index in [1.165, 1.54) is 11.3 Å². The summed E-state index contributed by atoms with van der Waals surface area (Å²) in [7, 11) is 0. The van der Waals surface area contributed by atoms with Gasteiger partial charge in [0.05, 0.1) is 10.8 Å². The van der Waals surface area contributed by atoms with E-state index in [1.807, 2.05) is 19.1 Å². The highest BCUT2D eigenvalue weighted by atomic mass is 35.5. The van der Waals surface area contributed by atoms with Crippen LogP contribution in [0.25, 0.3) is 0 Å². The van der Waals surface area contributed by atoms with Crippen LogP contribution in [0.15, 0.2) is 12.1 Å². The lowest BCUT2D eigenvalue weighted by Crippen LogP contribution is -1.94. The van der Waals surface area contributed by atoms with Gasteiger partial charge in [-0.25, -0.2) is 0 Å². The zero-order chi connectivity index (χ0) is 14.9. The molecule has 1 heterocycles. The molecule has 0 bridgehead atoms. The van der Waals surface area contributed by atoms with Crippen LogP contribution in [0.1, 0.15) is 35.8 Å². The summed E-state index contributed by atoms with van der Waals surface area (Å²) in [5, 5.41) is 1.64. The maximum absolute atomic E-state index is 6.24. The van der Waals surface area contributed by atoms with Gasteiger partial charge in [0, 0.05) is 5.02 Å². The zero-order valence-electron chi connectivity index (χ0n) is 11.3. The molecule has 0 radical (unpaired) electrons. The lowest BCUT2D eigenvalue weighted by Gasteiger charge is -2.13. The van der Waals surface area contributed by atoms with Crippen molar-refractivity contribution in [3.05, 3.63) is 38.3 Å². The van der Waals surface area contributed by atoms with Gasteiger partial charge in [0.25, 0.3) is 5.19 Å². The Labute approximate surface area is 137 Å². The van der Waals surface area contributed by atoms with Gasteiger partial charge in [-0.15, -0.1) is 11.6 Å². The SMILES string of the molecule is Cc1cc(Cl)c(C(C)C)cc1Oc1nc(Cl)c(CCl)s1. The minimum absolute atomic E-state index is 0.323. The highest BCUT2D eigenvalue weighted by molar-refractivity contribution is 7.14. The van der Waals surface area contributed by atoms with Crippen LogP contribution in [0.2, 0.25) is 10.2 Å². The van der Waals surface area contributed by atoms with E-state index in [1.54, 1.807) is 0 Å². The molecule has 108 valence electrons. The summed E-state index contributed by atoms with van der Waals surface area (Å²) in [6, 6.07) is 3.86. The van der Waals surface area contributed by atoms with Crippen molar-refractivity contribution in [3.63, 3.8) is 0 Å². The van der Waals surface area contributed by atoms with E-state index in [0.29, 0.717) is 22.1 Å². The van der Waals surface area contributed by atoms with E-state index in [-0.39, 0.29) is 0 Å². The van der Waals surface area contributed by atoms with Crippen molar-refractivity contribution in [1.29, 1.82) is 0 Å². The topological polar surface area (TPSA) is 22.1 Å². The zero-order valence-corrected chi connectivity index (χ0v) is 14.4. The molecule has 0 N–H and O–H groups in total. The molecule has 0 unspecified atom stereocenters. The first-order chi connectivity index (χ1) is 9.42. The van der Waals surface area contributed by atoms with Crippen molar-refractivity contribution >= 4 is 46.1 Å². The van der Waals surface area contributed by atoms with Crippen LogP contribution < -0.4 is 4.74 Å². The largest absolute Gasteiger partial charge is 0.431 e. The Morgan fingerprint density at radius 2 is 2.00 bits per heavy atom. The van der Waals surface area contributed by atoms with Crippen LogP contribution in [0.4, 0.5) is 0 Å². The monoisotopic (exact) mass is 349 g/mol. The van der Waals surface area contributed by atoms with E-state index in [2.05, 4.69) is 18.8 Å². The molecule has 1 aromatic heterocycles. The number of hydrogen-bond donors (Lipinski definition) is 0. The number of thiazole rings is 1. The van der Waals surface area contributed by atoms with Gasteiger partial charge < -0.3 is 4.74 Å². The molecule has 0 aliphatic rings. The Kier molecular flexibility index (Phi) is 5.19. The Morgan fingerprint density at radius 3 is 2.55 bits per heavy atom. The first kappa shape index (κ1) is 15.9. The predicted molar refractivity (Wildman–Crippen MR) is 87.0 cm³/mol.